The summed E-state index contributed by atoms with van der Waals surface area (Å²) in [5.74, 6) is 0.558. The van der Waals surface area contributed by atoms with E-state index >= 15 is 0 Å². The number of methoxy groups -OCH3 is 2. The van der Waals surface area contributed by atoms with Gasteiger partial charge in [0.1, 0.15) is 16.0 Å². The van der Waals surface area contributed by atoms with Gasteiger partial charge in [-0.05, 0) is 20.6 Å². The maximum Gasteiger partial charge on any atom is 0.305 e. The Labute approximate surface area is 119 Å². The molecule has 1 aromatic heterocycles. The van der Waals surface area contributed by atoms with Crippen LogP contribution in [-0.2, 0) is 0 Å². The molecule has 0 spiro atoms. The van der Waals surface area contributed by atoms with Crippen LogP contribution in [-0.4, -0.2) is 19.5 Å². The minimum atomic E-state index is -0.566. The van der Waals surface area contributed by atoms with Gasteiger partial charge in [-0.15, -0.1) is 0 Å². The van der Waals surface area contributed by atoms with Crippen molar-refractivity contribution in [2.75, 3.05) is 14.2 Å². The van der Waals surface area contributed by atoms with Crippen molar-refractivity contribution in [1.82, 2.24) is 5.27 Å². The van der Waals surface area contributed by atoms with Crippen LogP contribution in [0.15, 0.2) is 25.7 Å². The molecule has 0 aliphatic rings. The van der Waals surface area contributed by atoms with Gasteiger partial charge in [0.15, 0.2) is 5.95 Å². The molecule has 0 unspecified atom stereocenters. The Bertz CT molecular complexity index is 585. The molecule has 0 aliphatic carbocycles. The number of ether oxygens (including phenoxy) is 2. The molecule has 96 valence electrons. The van der Waals surface area contributed by atoms with Crippen molar-refractivity contribution in [2.45, 2.75) is 0 Å². The molecule has 0 amide bonds. The van der Waals surface area contributed by atoms with Crippen LogP contribution >= 0.6 is 31.9 Å². The lowest BCUT2D eigenvalue weighted by molar-refractivity contribution is -0.681. The van der Waals surface area contributed by atoms with Crippen molar-refractivity contribution in [3.63, 3.8) is 0 Å². The first-order valence-electron chi connectivity index (χ1n) is 4.75. The van der Waals surface area contributed by atoms with Crippen LogP contribution < -0.4 is 19.3 Å². The van der Waals surface area contributed by atoms with Gasteiger partial charge >= 0.3 is 4.60 Å². The van der Waals surface area contributed by atoms with E-state index in [2.05, 4.69) is 41.7 Å². The van der Waals surface area contributed by atoms with Gasteiger partial charge in [0.25, 0.3) is 5.69 Å². The van der Waals surface area contributed by atoms with E-state index in [1.165, 1.54) is 18.9 Å². The van der Waals surface area contributed by atoms with E-state index in [0.29, 0.717) is 21.7 Å². The van der Waals surface area contributed by atoms with Crippen LogP contribution in [0.2, 0.25) is 0 Å². The minimum Gasteiger partial charge on any atom is -0.538 e. The van der Waals surface area contributed by atoms with Crippen LogP contribution in [0.4, 0.5) is 0 Å². The third kappa shape index (κ3) is 2.17. The Morgan fingerprint density at radius 1 is 1.28 bits per heavy atom. The molecule has 0 radical (unpaired) electrons. The second-order valence-electron chi connectivity index (χ2n) is 3.23. The third-order valence-electron chi connectivity index (χ3n) is 2.24. The molecule has 1 heterocycles. The number of halogens is 2. The maximum atomic E-state index is 11.3. The van der Waals surface area contributed by atoms with E-state index in [1.807, 2.05) is 0 Å². The molecule has 18 heavy (non-hydrogen) atoms. The van der Waals surface area contributed by atoms with Crippen molar-refractivity contribution in [2.24, 2.45) is 0 Å². The van der Waals surface area contributed by atoms with Crippen LogP contribution in [0.3, 0.4) is 0 Å². The number of hydrogen-bond donors (Lipinski definition) is 0. The zero-order valence-electron chi connectivity index (χ0n) is 9.44. The van der Waals surface area contributed by atoms with Gasteiger partial charge in [-0.25, -0.2) is 0 Å². The summed E-state index contributed by atoms with van der Waals surface area (Å²) >= 11 is 6.48. The quantitative estimate of drug-likeness (QED) is 0.757. The van der Waals surface area contributed by atoms with Gasteiger partial charge in [-0.2, -0.15) is 0 Å². The molecular weight excluding hydrogens is 372 g/mol. The summed E-state index contributed by atoms with van der Waals surface area (Å²) in [7, 11) is 3.07. The number of aromatic nitrogens is 2. The summed E-state index contributed by atoms with van der Waals surface area (Å²) in [5.41, 5.74) is 0.559. The van der Waals surface area contributed by atoms with Crippen LogP contribution in [0, 0.1) is 0 Å². The van der Waals surface area contributed by atoms with Crippen molar-refractivity contribution in [3.05, 3.63) is 21.2 Å². The van der Waals surface area contributed by atoms with Crippen molar-refractivity contribution in [3.8, 4) is 23.1 Å². The molecule has 0 bridgehead atoms. The Morgan fingerprint density at radius 2 is 2.00 bits per heavy atom. The largest absolute Gasteiger partial charge is 0.538 e. The van der Waals surface area contributed by atoms with Crippen molar-refractivity contribution < 1.29 is 23.8 Å². The summed E-state index contributed by atoms with van der Waals surface area (Å²) in [6.07, 6.45) is 0. The molecule has 0 N–H and O–H groups in total. The molecule has 0 fully saturated rings. The molecule has 1 aromatic carbocycles. The second-order valence-corrected chi connectivity index (χ2v) is 4.77. The van der Waals surface area contributed by atoms with Crippen LogP contribution in [0.25, 0.3) is 5.69 Å². The normalized spacial score (nSPS) is 10.4. The topological polar surface area (TPSA) is 71.4 Å². The predicted octanol–water partition coefficient (Wildman–Crippen LogP) is 1.57. The van der Waals surface area contributed by atoms with E-state index in [0.717, 1.165) is 0 Å². The predicted molar refractivity (Wildman–Crippen MR) is 66.0 cm³/mol. The number of benzene rings is 1. The van der Waals surface area contributed by atoms with Crippen molar-refractivity contribution in [1.29, 1.82) is 0 Å². The van der Waals surface area contributed by atoms with E-state index in [1.54, 1.807) is 12.1 Å². The van der Waals surface area contributed by atoms with Crippen LogP contribution in [0.5, 0.6) is 17.4 Å². The molecule has 6 nitrogen and oxygen atoms in total. The highest BCUT2D eigenvalue weighted by molar-refractivity contribution is 9.11. The summed E-state index contributed by atoms with van der Waals surface area (Å²) in [6.45, 7) is 0. The first kappa shape index (κ1) is 13.2. The lowest BCUT2D eigenvalue weighted by atomic mass is 10.3. The van der Waals surface area contributed by atoms with Gasteiger partial charge in [-0.3, -0.25) is 0 Å². The Kier molecular flexibility index (Phi) is 3.76. The fourth-order valence-electron chi connectivity index (χ4n) is 1.37. The molecular formula is C10H8Br2N2O4. The summed E-state index contributed by atoms with van der Waals surface area (Å²) in [4.78, 5) is 0. The first-order chi connectivity index (χ1) is 8.58. The zero-order chi connectivity index (χ0) is 13.3. The maximum absolute atomic E-state index is 11.3. The van der Waals surface area contributed by atoms with E-state index in [-0.39, 0.29) is 4.60 Å². The second kappa shape index (κ2) is 5.15. The van der Waals surface area contributed by atoms with Gasteiger partial charge in [0.05, 0.1) is 25.6 Å². The highest BCUT2D eigenvalue weighted by Gasteiger charge is 2.24. The number of nitrogens with zero attached hydrogens (tertiary/aromatic N) is 2. The fraction of sp³-hybridized carbons (Fsp3) is 0.200. The summed E-state index contributed by atoms with van der Waals surface area (Å²) in [6, 6.07) is 3.40. The minimum absolute atomic E-state index is 0.179. The van der Waals surface area contributed by atoms with E-state index < -0.39 is 5.95 Å². The monoisotopic (exact) mass is 378 g/mol. The molecule has 0 atom stereocenters. The van der Waals surface area contributed by atoms with Crippen LogP contribution in [0.1, 0.15) is 0 Å². The van der Waals surface area contributed by atoms with E-state index in [9.17, 15) is 5.11 Å². The molecule has 2 aromatic rings. The average molecular weight is 380 g/mol. The zero-order valence-corrected chi connectivity index (χ0v) is 12.6. The first-order valence-corrected chi connectivity index (χ1v) is 6.33. The van der Waals surface area contributed by atoms with Gasteiger partial charge in [-0.1, -0.05) is 0 Å². The summed E-state index contributed by atoms with van der Waals surface area (Å²) < 4.78 is 17.0. The Hall–Kier alpha value is -1.28. The highest BCUT2D eigenvalue weighted by Crippen LogP contribution is 2.34. The number of rotatable bonds is 3. The molecule has 0 aliphatic heterocycles. The Balaban J connectivity index is 2.66. The molecule has 0 saturated heterocycles. The SMILES string of the molecule is COc1cc(OC)c(Br)c(-[n+]2noc([O-])c2Br)c1. The molecule has 0 saturated carbocycles. The summed E-state index contributed by atoms with van der Waals surface area (Å²) in [5, 5.41) is 14.9. The lowest BCUT2D eigenvalue weighted by Gasteiger charge is -2.06. The van der Waals surface area contributed by atoms with Gasteiger partial charge in [0, 0.05) is 22.0 Å². The Morgan fingerprint density at radius 3 is 2.50 bits per heavy atom. The average Bonchev–Trinajstić information content (AvgIpc) is 2.70. The number of hydrogen-bond acceptors (Lipinski definition) is 5. The third-order valence-corrected chi connectivity index (χ3v) is 3.69. The fourth-order valence-corrected chi connectivity index (χ4v) is 2.25. The highest BCUT2D eigenvalue weighted by atomic mass is 79.9. The lowest BCUT2D eigenvalue weighted by Crippen LogP contribution is -2.34. The van der Waals surface area contributed by atoms with Crippen molar-refractivity contribution >= 4 is 31.9 Å². The smallest absolute Gasteiger partial charge is 0.305 e. The van der Waals surface area contributed by atoms with E-state index in [4.69, 9.17) is 9.47 Å². The van der Waals surface area contributed by atoms with Gasteiger partial charge in [0.2, 0.25) is 0 Å². The standard InChI is InChI=1S/C10H8Br2N2O4/c1-16-5-3-6(8(11)7(4-5)17-2)14-9(12)10(15)18-13-14/h3-4H,1-2H3. The molecule has 2 rings (SSSR count). The molecule has 8 heteroatoms. The van der Waals surface area contributed by atoms with Gasteiger partial charge < -0.3 is 19.1 Å².